The molecule has 3 aromatic heterocycles. The summed E-state index contributed by atoms with van der Waals surface area (Å²) in [6, 6.07) is 4.06. The molecule has 7 nitrogen and oxygen atoms in total. The zero-order valence-electron chi connectivity index (χ0n) is 16.5. The number of nitrogens with zero attached hydrogens (tertiary/aromatic N) is 4. The molecule has 0 spiro atoms. The highest BCUT2D eigenvalue weighted by Crippen LogP contribution is 2.31. The van der Waals surface area contributed by atoms with E-state index in [-0.39, 0.29) is 5.91 Å². The van der Waals surface area contributed by atoms with E-state index in [2.05, 4.69) is 20.9 Å². The molecule has 3 aromatic rings. The van der Waals surface area contributed by atoms with Crippen LogP contribution in [0.2, 0.25) is 0 Å². The lowest BCUT2D eigenvalue weighted by Gasteiger charge is -2.35. The zero-order valence-corrected chi connectivity index (χ0v) is 17.3. The standard InChI is InChI=1S/C20H26N6OS/c1-13-11-22-19(28-13)24-17-16-5-4-8-26(16)12-15(23-17)14-6-9-25(10-7-14)18(27)20(2,3)21/h4-5,8,11-12,14H,6-7,9-10,21H2,1-3H3,(H,22,23,24). The smallest absolute Gasteiger partial charge is 0.242 e. The van der Waals surface area contributed by atoms with Crippen molar-refractivity contribution < 1.29 is 4.79 Å². The number of carbonyl (C=O) groups excluding carboxylic acids is 1. The fourth-order valence-corrected chi connectivity index (χ4v) is 4.32. The number of piperidine rings is 1. The summed E-state index contributed by atoms with van der Waals surface area (Å²) in [5, 5.41) is 4.22. The summed E-state index contributed by atoms with van der Waals surface area (Å²) in [5.41, 5.74) is 7.22. The number of hydrogen-bond donors (Lipinski definition) is 2. The maximum atomic E-state index is 12.4. The summed E-state index contributed by atoms with van der Waals surface area (Å²) >= 11 is 1.61. The molecule has 1 fully saturated rings. The summed E-state index contributed by atoms with van der Waals surface area (Å²) in [6.07, 6.45) is 7.77. The van der Waals surface area contributed by atoms with E-state index in [0.29, 0.717) is 19.0 Å². The van der Waals surface area contributed by atoms with E-state index in [1.807, 2.05) is 36.4 Å². The van der Waals surface area contributed by atoms with Crippen LogP contribution in [0.3, 0.4) is 0 Å². The minimum Gasteiger partial charge on any atom is -0.341 e. The Kier molecular flexibility index (Phi) is 4.84. The molecule has 4 heterocycles. The Bertz CT molecular complexity index is 994. The number of nitrogens with one attached hydrogen (secondary N) is 1. The highest BCUT2D eigenvalue weighted by molar-refractivity contribution is 7.15. The molecule has 0 radical (unpaired) electrons. The predicted octanol–water partition coefficient (Wildman–Crippen LogP) is 3.29. The van der Waals surface area contributed by atoms with Gasteiger partial charge in [-0.15, -0.1) is 11.3 Å². The van der Waals surface area contributed by atoms with E-state index in [1.165, 1.54) is 0 Å². The Hall–Kier alpha value is -2.45. The van der Waals surface area contributed by atoms with Gasteiger partial charge in [0, 0.05) is 42.5 Å². The number of likely N-dealkylation sites (tertiary alicyclic amines) is 1. The first kappa shape index (κ1) is 18.9. The van der Waals surface area contributed by atoms with E-state index in [1.54, 1.807) is 25.2 Å². The van der Waals surface area contributed by atoms with Crippen LogP contribution in [-0.4, -0.2) is 43.8 Å². The molecular weight excluding hydrogens is 372 g/mol. The van der Waals surface area contributed by atoms with Crippen LogP contribution in [0.1, 0.15) is 43.2 Å². The normalized spacial score (nSPS) is 15.9. The highest BCUT2D eigenvalue weighted by Gasteiger charge is 2.31. The molecule has 3 N–H and O–H groups in total. The molecule has 1 aliphatic rings. The minimum atomic E-state index is -0.821. The number of rotatable bonds is 4. The first-order valence-electron chi connectivity index (χ1n) is 9.56. The van der Waals surface area contributed by atoms with Crippen LogP contribution < -0.4 is 11.1 Å². The third-order valence-corrected chi connectivity index (χ3v) is 5.96. The van der Waals surface area contributed by atoms with Crippen LogP contribution >= 0.6 is 11.3 Å². The molecule has 4 rings (SSSR count). The topological polar surface area (TPSA) is 88.5 Å². The van der Waals surface area contributed by atoms with E-state index in [9.17, 15) is 4.79 Å². The first-order valence-corrected chi connectivity index (χ1v) is 10.4. The fourth-order valence-electron chi connectivity index (χ4n) is 3.65. The molecule has 1 saturated heterocycles. The summed E-state index contributed by atoms with van der Waals surface area (Å²) < 4.78 is 2.10. The number of hydrogen-bond acceptors (Lipinski definition) is 6. The third kappa shape index (κ3) is 3.74. The van der Waals surface area contributed by atoms with E-state index in [4.69, 9.17) is 10.7 Å². The highest BCUT2D eigenvalue weighted by atomic mass is 32.1. The predicted molar refractivity (Wildman–Crippen MR) is 112 cm³/mol. The Labute approximate surface area is 168 Å². The van der Waals surface area contributed by atoms with Crippen molar-refractivity contribution in [1.82, 2.24) is 19.3 Å². The lowest BCUT2D eigenvalue weighted by Crippen LogP contribution is -2.53. The van der Waals surface area contributed by atoms with Gasteiger partial charge in [-0.3, -0.25) is 4.79 Å². The third-order valence-electron chi connectivity index (χ3n) is 5.13. The van der Waals surface area contributed by atoms with Crippen molar-refractivity contribution in [2.24, 2.45) is 5.73 Å². The average Bonchev–Trinajstić information content (AvgIpc) is 3.29. The number of nitrogens with two attached hydrogens (primary N) is 1. The molecule has 0 unspecified atom stereocenters. The fraction of sp³-hybridized carbons (Fsp3) is 0.450. The largest absolute Gasteiger partial charge is 0.341 e. The maximum Gasteiger partial charge on any atom is 0.242 e. The van der Waals surface area contributed by atoms with Gasteiger partial charge in [0.25, 0.3) is 0 Å². The quantitative estimate of drug-likeness (QED) is 0.704. The van der Waals surface area contributed by atoms with Gasteiger partial charge in [-0.2, -0.15) is 0 Å². The second-order valence-corrected chi connectivity index (χ2v) is 9.24. The van der Waals surface area contributed by atoms with E-state index < -0.39 is 5.54 Å². The molecule has 28 heavy (non-hydrogen) atoms. The van der Waals surface area contributed by atoms with Crippen molar-refractivity contribution in [2.75, 3.05) is 18.4 Å². The molecular formula is C20H26N6OS. The lowest BCUT2D eigenvalue weighted by molar-refractivity contribution is -0.136. The van der Waals surface area contributed by atoms with Crippen molar-refractivity contribution >= 4 is 33.7 Å². The van der Waals surface area contributed by atoms with Crippen LogP contribution in [0.15, 0.2) is 30.7 Å². The van der Waals surface area contributed by atoms with Crippen molar-refractivity contribution in [3.63, 3.8) is 0 Å². The number of aryl methyl sites for hydroxylation is 1. The molecule has 0 saturated carbocycles. The van der Waals surface area contributed by atoms with Crippen LogP contribution in [-0.2, 0) is 4.79 Å². The van der Waals surface area contributed by atoms with Gasteiger partial charge in [0.15, 0.2) is 10.9 Å². The Morgan fingerprint density at radius 2 is 2.11 bits per heavy atom. The van der Waals surface area contributed by atoms with Gasteiger partial charge in [-0.05, 0) is 45.7 Å². The van der Waals surface area contributed by atoms with Gasteiger partial charge < -0.3 is 20.4 Å². The number of fused-ring (bicyclic) bond motifs is 1. The molecule has 0 bridgehead atoms. The van der Waals surface area contributed by atoms with Crippen molar-refractivity contribution in [3.05, 3.63) is 41.3 Å². The van der Waals surface area contributed by atoms with Crippen molar-refractivity contribution in [2.45, 2.75) is 45.1 Å². The average molecular weight is 399 g/mol. The maximum absolute atomic E-state index is 12.4. The van der Waals surface area contributed by atoms with Crippen LogP contribution in [0.5, 0.6) is 0 Å². The van der Waals surface area contributed by atoms with Gasteiger partial charge in [0.05, 0.1) is 16.7 Å². The van der Waals surface area contributed by atoms with E-state index >= 15 is 0 Å². The second kappa shape index (κ2) is 7.18. The molecule has 148 valence electrons. The molecule has 0 aliphatic carbocycles. The minimum absolute atomic E-state index is 0.0151. The SMILES string of the molecule is Cc1cnc(Nc2nc(C3CCN(C(=O)C(C)(C)N)CC3)cn3cccc23)s1. The summed E-state index contributed by atoms with van der Waals surface area (Å²) in [6.45, 7) is 6.99. The summed E-state index contributed by atoms with van der Waals surface area (Å²) in [5.74, 6) is 1.15. The van der Waals surface area contributed by atoms with Gasteiger partial charge in [-0.1, -0.05) is 0 Å². The number of amides is 1. The van der Waals surface area contributed by atoms with Gasteiger partial charge in [0.2, 0.25) is 5.91 Å². The Morgan fingerprint density at radius 1 is 1.36 bits per heavy atom. The van der Waals surface area contributed by atoms with Gasteiger partial charge in [0.1, 0.15) is 0 Å². The van der Waals surface area contributed by atoms with E-state index in [0.717, 1.165) is 39.9 Å². The number of anilines is 2. The Morgan fingerprint density at radius 3 is 2.75 bits per heavy atom. The van der Waals surface area contributed by atoms with Crippen molar-refractivity contribution in [3.8, 4) is 0 Å². The number of aromatic nitrogens is 3. The van der Waals surface area contributed by atoms with Gasteiger partial charge >= 0.3 is 0 Å². The van der Waals surface area contributed by atoms with Crippen molar-refractivity contribution in [1.29, 1.82) is 0 Å². The molecule has 1 amide bonds. The Balaban J connectivity index is 1.55. The number of carbonyl (C=O) groups is 1. The summed E-state index contributed by atoms with van der Waals surface area (Å²) in [7, 11) is 0. The lowest BCUT2D eigenvalue weighted by atomic mass is 9.92. The zero-order chi connectivity index (χ0) is 19.9. The summed E-state index contributed by atoms with van der Waals surface area (Å²) in [4.78, 5) is 24.8. The van der Waals surface area contributed by atoms with Gasteiger partial charge in [-0.25, -0.2) is 9.97 Å². The molecule has 1 aliphatic heterocycles. The monoisotopic (exact) mass is 398 g/mol. The van der Waals surface area contributed by atoms with Crippen LogP contribution in [0.4, 0.5) is 10.9 Å². The number of thiazole rings is 1. The second-order valence-electron chi connectivity index (χ2n) is 8.00. The molecule has 0 atom stereocenters. The van der Waals surface area contributed by atoms with Crippen LogP contribution in [0.25, 0.3) is 5.52 Å². The van der Waals surface area contributed by atoms with Crippen LogP contribution in [0, 0.1) is 6.92 Å². The molecule has 8 heteroatoms. The first-order chi connectivity index (χ1) is 13.3. The molecule has 0 aromatic carbocycles.